The summed E-state index contributed by atoms with van der Waals surface area (Å²) in [7, 11) is 0. The smallest absolute Gasteiger partial charge is 0.147 e. The summed E-state index contributed by atoms with van der Waals surface area (Å²) in [6, 6.07) is 0. The highest BCUT2D eigenvalue weighted by Crippen LogP contribution is 2.20. The maximum atomic E-state index is 5.48. The number of anilines is 1. The molecule has 16 heavy (non-hydrogen) atoms. The lowest BCUT2D eigenvalue weighted by molar-refractivity contribution is 0.436. The lowest BCUT2D eigenvalue weighted by Gasteiger charge is -2.30. The molecule has 1 saturated heterocycles. The zero-order chi connectivity index (χ0) is 11.5. The van der Waals surface area contributed by atoms with Crippen molar-refractivity contribution in [3.8, 4) is 0 Å². The van der Waals surface area contributed by atoms with Crippen LogP contribution in [0.3, 0.4) is 0 Å². The summed E-state index contributed by atoms with van der Waals surface area (Å²) in [6.45, 7) is 4.41. The van der Waals surface area contributed by atoms with E-state index in [2.05, 4.69) is 21.8 Å². The predicted octanol–water partition coefficient (Wildman–Crippen LogP) is 1.35. The second-order valence-electron chi connectivity index (χ2n) is 4.29. The van der Waals surface area contributed by atoms with E-state index in [1.807, 2.05) is 0 Å². The zero-order valence-electron chi connectivity index (χ0n) is 9.39. The number of hydrogen-bond donors (Lipinski definition) is 1. The molecule has 2 rings (SSSR count). The maximum Gasteiger partial charge on any atom is 0.147 e. The molecule has 1 aromatic rings. The van der Waals surface area contributed by atoms with Crippen LogP contribution in [0.5, 0.6) is 0 Å². The van der Waals surface area contributed by atoms with E-state index in [4.69, 9.17) is 18.0 Å². The third-order valence-electron chi connectivity index (χ3n) is 3.00. The zero-order valence-corrected chi connectivity index (χ0v) is 10.2. The quantitative estimate of drug-likeness (QED) is 0.785. The topological polar surface area (TPSA) is 55.0 Å². The van der Waals surface area contributed by atoms with Crippen LogP contribution in [0.4, 0.5) is 5.82 Å². The molecule has 1 aromatic heterocycles. The van der Waals surface area contributed by atoms with Crippen molar-refractivity contribution in [3.63, 3.8) is 0 Å². The minimum Gasteiger partial charge on any atom is -0.388 e. The second-order valence-corrected chi connectivity index (χ2v) is 4.73. The normalized spacial score (nSPS) is 17.4. The molecule has 0 saturated carbocycles. The Bertz CT molecular complexity index is 368. The van der Waals surface area contributed by atoms with Gasteiger partial charge < -0.3 is 10.6 Å². The standard InChI is InChI=1S/C11H16N4S/c1-8-2-4-15(5-3-8)10-7-13-9(6-14-10)11(12)16/h6-8H,2-5H2,1H3,(H2,12,16). The van der Waals surface area contributed by atoms with Gasteiger partial charge in [0.25, 0.3) is 0 Å². The number of thiocarbonyl (C=S) groups is 1. The first-order valence-corrected chi connectivity index (χ1v) is 5.94. The van der Waals surface area contributed by atoms with E-state index >= 15 is 0 Å². The van der Waals surface area contributed by atoms with Gasteiger partial charge in [0.2, 0.25) is 0 Å². The molecule has 5 heteroatoms. The van der Waals surface area contributed by atoms with Gasteiger partial charge in [-0.1, -0.05) is 19.1 Å². The minimum atomic E-state index is 0.298. The van der Waals surface area contributed by atoms with Crippen LogP contribution < -0.4 is 10.6 Å². The summed E-state index contributed by atoms with van der Waals surface area (Å²) in [5.41, 5.74) is 6.06. The Labute approximate surface area is 101 Å². The van der Waals surface area contributed by atoms with Crippen LogP contribution in [-0.2, 0) is 0 Å². The fourth-order valence-corrected chi connectivity index (χ4v) is 1.95. The van der Waals surface area contributed by atoms with E-state index in [-0.39, 0.29) is 0 Å². The predicted molar refractivity (Wildman–Crippen MR) is 68.5 cm³/mol. The molecule has 2 N–H and O–H groups in total. The maximum absolute atomic E-state index is 5.48. The van der Waals surface area contributed by atoms with E-state index in [0.29, 0.717) is 10.7 Å². The number of piperidine rings is 1. The highest BCUT2D eigenvalue weighted by Gasteiger charge is 2.17. The molecule has 1 fully saturated rings. The highest BCUT2D eigenvalue weighted by molar-refractivity contribution is 7.80. The lowest BCUT2D eigenvalue weighted by Crippen LogP contribution is -2.33. The first kappa shape index (κ1) is 11.3. The minimum absolute atomic E-state index is 0.298. The van der Waals surface area contributed by atoms with Gasteiger partial charge in [-0.15, -0.1) is 0 Å². The summed E-state index contributed by atoms with van der Waals surface area (Å²) in [6.07, 6.45) is 5.84. The van der Waals surface area contributed by atoms with Gasteiger partial charge in [-0.25, -0.2) is 9.97 Å². The second kappa shape index (κ2) is 4.74. The highest BCUT2D eigenvalue weighted by atomic mass is 32.1. The van der Waals surface area contributed by atoms with E-state index in [1.54, 1.807) is 12.4 Å². The van der Waals surface area contributed by atoms with Crippen molar-refractivity contribution < 1.29 is 0 Å². The Morgan fingerprint density at radius 1 is 1.38 bits per heavy atom. The van der Waals surface area contributed by atoms with Crippen molar-refractivity contribution in [3.05, 3.63) is 18.1 Å². The Kier molecular flexibility index (Phi) is 3.33. The summed E-state index contributed by atoms with van der Waals surface area (Å²) in [5, 5.41) is 0. The Morgan fingerprint density at radius 3 is 2.56 bits per heavy atom. The molecule has 0 radical (unpaired) electrons. The van der Waals surface area contributed by atoms with Crippen molar-refractivity contribution in [1.29, 1.82) is 0 Å². The number of hydrogen-bond acceptors (Lipinski definition) is 4. The van der Waals surface area contributed by atoms with Crippen molar-refractivity contribution in [2.45, 2.75) is 19.8 Å². The van der Waals surface area contributed by atoms with E-state index in [0.717, 1.165) is 24.8 Å². The van der Waals surface area contributed by atoms with Crippen LogP contribution in [0.25, 0.3) is 0 Å². The van der Waals surface area contributed by atoms with Crippen molar-refractivity contribution in [2.75, 3.05) is 18.0 Å². The number of nitrogens with zero attached hydrogens (tertiary/aromatic N) is 3. The van der Waals surface area contributed by atoms with Gasteiger partial charge in [0.05, 0.1) is 12.4 Å². The molecule has 2 heterocycles. The molecule has 0 aromatic carbocycles. The Morgan fingerprint density at radius 2 is 2.06 bits per heavy atom. The van der Waals surface area contributed by atoms with Crippen LogP contribution in [0.2, 0.25) is 0 Å². The van der Waals surface area contributed by atoms with Gasteiger partial charge in [0.1, 0.15) is 16.5 Å². The molecule has 0 bridgehead atoms. The SMILES string of the molecule is CC1CCN(c2cnc(C(N)=S)cn2)CC1. The van der Waals surface area contributed by atoms with E-state index in [9.17, 15) is 0 Å². The van der Waals surface area contributed by atoms with Gasteiger partial charge in [-0.2, -0.15) is 0 Å². The third kappa shape index (κ3) is 2.47. The first-order valence-electron chi connectivity index (χ1n) is 5.53. The molecule has 1 aliphatic rings. The summed E-state index contributed by atoms with van der Waals surface area (Å²) < 4.78 is 0. The van der Waals surface area contributed by atoms with Gasteiger partial charge >= 0.3 is 0 Å². The number of nitrogens with two attached hydrogens (primary N) is 1. The molecule has 0 unspecified atom stereocenters. The number of rotatable bonds is 2. The van der Waals surface area contributed by atoms with E-state index < -0.39 is 0 Å². The molecular weight excluding hydrogens is 220 g/mol. The average molecular weight is 236 g/mol. The fraction of sp³-hybridized carbons (Fsp3) is 0.545. The molecule has 86 valence electrons. The number of aromatic nitrogens is 2. The van der Waals surface area contributed by atoms with Crippen molar-refractivity contribution >= 4 is 23.0 Å². The largest absolute Gasteiger partial charge is 0.388 e. The molecule has 1 aliphatic heterocycles. The molecule has 0 spiro atoms. The average Bonchev–Trinajstić information content (AvgIpc) is 2.30. The van der Waals surface area contributed by atoms with Crippen LogP contribution in [0.1, 0.15) is 25.5 Å². The molecule has 4 nitrogen and oxygen atoms in total. The van der Waals surface area contributed by atoms with Gasteiger partial charge in [-0.05, 0) is 18.8 Å². The summed E-state index contributed by atoms with van der Waals surface area (Å²) in [5.74, 6) is 1.74. The summed E-state index contributed by atoms with van der Waals surface area (Å²) in [4.78, 5) is 11.1. The Balaban J connectivity index is 2.07. The van der Waals surface area contributed by atoms with Crippen LogP contribution in [0.15, 0.2) is 12.4 Å². The third-order valence-corrected chi connectivity index (χ3v) is 3.21. The monoisotopic (exact) mass is 236 g/mol. The van der Waals surface area contributed by atoms with Crippen LogP contribution >= 0.6 is 12.2 Å². The molecular formula is C11H16N4S. The molecule has 0 aliphatic carbocycles. The first-order chi connectivity index (χ1) is 7.66. The summed E-state index contributed by atoms with van der Waals surface area (Å²) >= 11 is 4.84. The van der Waals surface area contributed by atoms with E-state index in [1.165, 1.54) is 12.8 Å². The molecule has 0 atom stereocenters. The van der Waals surface area contributed by atoms with Gasteiger partial charge in [0.15, 0.2) is 0 Å². The van der Waals surface area contributed by atoms with Crippen molar-refractivity contribution in [2.24, 2.45) is 11.7 Å². The Hall–Kier alpha value is -1.23. The lowest BCUT2D eigenvalue weighted by atomic mass is 9.99. The van der Waals surface area contributed by atoms with Gasteiger partial charge in [0, 0.05) is 13.1 Å². The molecule has 0 amide bonds. The van der Waals surface area contributed by atoms with Gasteiger partial charge in [-0.3, -0.25) is 0 Å². The van der Waals surface area contributed by atoms with Crippen molar-refractivity contribution in [1.82, 2.24) is 9.97 Å². The fourth-order valence-electron chi connectivity index (χ4n) is 1.85. The van der Waals surface area contributed by atoms with Crippen LogP contribution in [-0.4, -0.2) is 28.0 Å². The van der Waals surface area contributed by atoms with Crippen LogP contribution in [0, 0.1) is 5.92 Å².